The molecule has 0 saturated heterocycles. The number of halogens is 1. The van der Waals surface area contributed by atoms with Crippen LogP contribution in [0.3, 0.4) is 0 Å². The third kappa shape index (κ3) is 5.01. The molecule has 3 aromatic carbocycles. The smallest absolute Gasteiger partial charge is 0.248 e. The van der Waals surface area contributed by atoms with Gasteiger partial charge in [-0.15, -0.1) is 11.8 Å². The maximum Gasteiger partial charge on any atom is 0.248 e. The fraction of sp³-hybridized carbons (Fsp3) is 0.179. The van der Waals surface area contributed by atoms with Gasteiger partial charge in [-0.05, 0) is 74.6 Å². The van der Waals surface area contributed by atoms with Crippen molar-refractivity contribution >= 4 is 51.5 Å². The number of nitrogens with one attached hydrogen (secondary N) is 1. The summed E-state index contributed by atoms with van der Waals surface area (Å²) in [6.45, 7) is 6.35. The first-order valence-electron chi connectivity index (χ1n) is 11.0. The van der Waals surface area contributed by atoms with Gasteiger partial charge < -0.3 is 14.5 Å². The lowest BCUT2D eigenvalue weighted by atomic mass is 9.96. The lowest BCUT2D eigenvalue weighted by Crippen LogP contribution is -2.09. The topological polar surface area (TPSA) is 51.5 Å². The van der Waals surface area contributed by atoms with Crippen LogP contribution in [0.2, 0.25) is 5.02 Å². The van der Waals surface area contributed by atoms with Gasteiger partial charge in [-0.1, -0.05) is 29.8 Å². The molecule has 0 fully saturated rings. The Labute approximate surface area is 209 Å². The molecule has 1 N–H and O–H groups in total. The van der Waals surface area contributed by atoms with E-state index in [1.54, 1.807) is 24.1 Å². The quantitative estimate of drug-likeness (QED) is 0.209. The fourth-order valence-corrected chi connectivity index (χ4v) is 4.53. The minimum absolute atomic E-state index is 0.193. The second-order valence-electron chi connectivity index (χ2n) is 7.89. The minimum Gasteiger partial charge on any atom is -0.493 e. The van der Waals surface area contributed by atoms with Gasteiger partial charge in [0.15, 0.2) is 0 Å². The Balaban J connectivity index is 1.76. The Morgan fingerprint density at radius 1 is 1.18 bits per heavy atom. The van der Waals surface area contributed by atoms with Crippen LogP contribution in [0.4, 0.5) is 5.69 Å². The second-order valence-corrected chi connectivity index (χ2v) is 9.21. The van der Waals surface area contributed by atoms with E-state index in [1.165, 1.54) is 0 Å². The molecule has 34 heavy (non-hydrogen) atoms. The molecule has 0 spiro atoms. The molecule has 4 rings (SSSR count). The highest BCUT2D eigenvalue weighted by Crippen LogP contribution is 2.41. The summed E-state index contributed by atoms with van der Waals surface area (Å²) >= 11 is 7.71. The number of allylic oxidation sites excluding steroid dienone is 1. The van der Waals surface area contributed by atoms with E-state index in [2.05, 4.69) is 5.32 Å². The molecule has 0 aliphatic carbocycles. The number of amides is 1. The number of fused-ring (bicyclic) bond motifs is 1. The number of thioether (sulfide) groups is 1. The lowest BCUT2D eigenvalue weighted by Gasteiger charge is -2.15. The van der Waals surface area contributed by atoms with E-state index in [-0.39, 0.29) is 5.91 Å². The highest BCUT2D eigenvalue weighted by Gasteiger charge is 2.19. The maximum atomic E-state index is 12.8. The van der Waals surface area contributed by atoms with Gasteiger partial charge >= 0.3 is 0 Å². The molecule has 0 saturated carbocycles. The number of aryl methyl sites for hydroxylation is 1. The lowest BCUT2D eigenvalue weighted by molar-refractivity contribution is -0.111. The van der Waals surface area contributed by atoms with Crippen molar-refractivity contribution in [2.75, 3.05) is 18.2 Å². The molecule has 4 aromatic rings. The molecule has 1 heterocycles. The number of carbonyl (C=O) groups is 1. The van der Waals surface area contributed by atoms with Crippen LogP contribution in [0.15, 0.2) is 76.2 Å². The maximum absolute atomic E-state index is 12.8. The van der Waals surface area contributed by atoms with E-state index in [0.29, 0.717) is 11.6 Å². The molecule has 6 heteroatoms. The summed E-state index contributed by atoms with van der Waals surface area (Å²) in [6.07, 6.45) is 5.37. The third-order valence-corrected chi connectivity index (χ3v) is 6.57. The zero-order valence-corrected chi connectivity index (χ0v) is 21.1. The average Bonchev–Trinajstić information content (AvgIpc) is 3.25. The summed E-state index contributed by atoms with van der Waals surface area (Å²) in [6, 6.07) is 17.5. The molecular weight excluding hydrogens is 466 g/mol. The van der Waals surface area contributed by atoms with Crippen molar-refractivity contribution in [1.82, 2.24) is 0 Å². The first kappa shape index (κ1) is 24.0. The van der Waals surface area contributed by atoms with Crippen LogP contribution in [-0.4, -0.2) is 18.8 Å². The fourth-order valence-electron chi connectivity index (χ4n) is 3.95. The van der Waals surface area contributed by atoms with E-state index in [1.807, 2.05) is 81.6 Å². The monoisotopic (exact) mass is 491 g/mol. The van der Waals surface area contributed by atoms with Gasteiger partial charge in [0.2, 0.25) is 5.91 Å². The molecule has 0 bridgehead atoms. The summed E-state index contributed by atoms with van der Waals surface area (Å²) in [5.74, 6) is 0.527. The summed E-state index contributed by atoms with van der Waals surface area (Å²) < 4.78 is 12.0. The summed E-state index contributed by atoms with van der Waals surface area (Å²) in [5.41, 5.74) is 6.05. The van der Waals surface area contributed by atoms with Crippen molar-refractivity contribution in [2.24, 2.45) is 0 Å². The number of carbonyl (C=O) groups excluding carboxylic acids is 1. The number of furan rings is 1. The van der Waals surface area contributed by atoms with Crippen LogP contribution in [0.25, 0.3) is 27.7 Å². The van der Waals surface area contributed by atoms with Gasteiger partial charge in [0.05, 0.1) is 12.9 Å². The molecule has 1 aromatic heterocycles. The predicted molar refractivity (Wildman–Crippen MR) is 143 cm³/mol. The zero-order chi connectivity index (χ0) is 24.2. The Morgan fingerprint density at radius 3 is 2.65 bits per heavy atom. The number of anilines is 1. The van der Waals surface area contributed by atoms with Crippen molar-refractivity contribution < 1.29 is 13.9 Å². The van der Waals surface area contributed by atoms with Crippen molar-refractivity contribution in [3.8, 4) is 16.9 Å². The molecule has 4 nitrogen and oxygen atoms in total. The van der Waals surface area contributed by atoms with Crippen molar-refractivity contribution in [1.29, 1.82) is 0 Å². The second kappa shape index (κ2) is 10.4. The van der Waals surface area contributed by atoms with Crippen molar-refractivity contribution in [3.05, 3.63) is 83.1 Å². The van der Waals surface area contributed by atoms with Gasteiger partial charge in [0.25, 0.3) is 0 Å². The molecule has 0 atom stereocenters. The number of benzene rings is 3. The van der Waals surface area contributed by atoms with Gasteiger partial charge in [-0.2, -0.15) is 0 Å². The number of hydrogen-bond donors (Lipinski definition) is 1. The van der Waals surface area contributed by atoms with Gasteiger partial charge in [0, 0.05) is 43.8 Å². The number of hydrogen-bond acceptors (Lipinski definition) is 4. The van der Waals surface area contributed by atoms with Crippen LogP contribution < -0.4 is 10.1 Å². The van der Waals surface area contributed by atoms with Crippen LogP contribution >= 0.6 is 23.4 Å². The predicted octanol–water partition coefficient (Wildman–Crippen LogP) is 8.22. The van der Waals surface area contributed by atoms with Crippen molar-refractivity contribution in [3.63, 3.8) is 0 Å². The SMILES string of the molecule is CCOc1c(/C(C)=C/C(=O)Nc2cccc(SC)c2)cc2c(-c3ccc(Cl)cc3)coc2c1C. The summed E-state index contributed by atoms with van der Waals surface area (Å²) in [7, 11) is 0. The molecule has 0 aliphatic rings. The number of ether oxygens (including phenoxy) is 1. The van der Waals surface area contributed by atoms with Gasteiger partial charge in [0.1, 0.15) is 11.3 Å². The Bertz CT molecular complexity index is 1370. The van der Waals surface area contributed by atoms with Crippen molar-refractivity contribution in [2.45, 2.75) is 25.7 Å². The van der Waals surface area contributed by atoms with E-state index >= 15 is 0 Å². The van der Waals surface area contributed by atoms with E-state index in [0.717, 1.165) is 55.1 Å². The Kier molecular flexibility index (Phi) is 7.35. The van der Waals surface area contributed by atoms with E-state index in [4.69, 9.17) is 20.8 Å². The van der Waals surface area contributed by atoms with E-state index < -0.39 is 0 Å². The molecule has 0 radical (unpaired) electrons. The zero-order valence-electron chi connectivity index (χ0n) is 19.6. The Hall–Kier alpha value is -3.15. The standard InChI is InChI=1S/C28H26ClNO3S/c1-5-32-27-18(3)28-24(25(16-33-28)19-9-11-20(29)12-10-19)15-23(27)17(2)13-26(31)30-21-7-6-8-22(14-21)34-4/h6-16H,5H2,1-4H3,(H,30,31)/b17-13+. The summed E-state index contributed by atoms with van der Waals surface area (Å²) in [4.78, 5) is 13.9. The normalized spacial score (nSPS) is 11.6. The van der Waals surface area contributed by atoms with Crippen LogP contribution in [0, 0.1) is 6.92 Å². The van der Waals surface area contributed by atoms with Crippen LogP contribution in [0.5, 0.6) is 5.75 Å². The van der Waals surface area contributed by atoms with E-state index in [9.17, 15) is 4.79 Å². The largest absolute Gasteiger partial charge is 0.493 e. The summed E-state index contributed by atoms with van der Waals surface area (Å²) in [5, 5.41) is 4.60. The molecule has 0 unspecified atom stereocenters. The third-order valence-electron chi connectivity index (χ3n) is 5.60. The van der Waals surface area contributed by atoms with Gasteiger partial charge in [-0.3, -0.25) is 4.79 Å². The highest BCUT2D eigenvalue weighted by atomic mass is 35.5. The first-order valence-corrected chi connectivity index (χ1v) is 12.6. The number of rotatable bonds is 7. The van der Waals surface area contributed by atoms with Crippen LogP contribution in [-0.2, 0) is 4.79 Å². The van der Waals surface area contributed by atoms with Crippen LogP contribution in [0.1, 0.15) is 25.0 Å². The molecular formula is C28H26ClNO3S. The minimum atomic E-state index is -0.193. The first-order chi connectivity index (χ1) is 16.4. The Morgan fingerprint density at radius 2 is 1.94 bits per heavy atom. The molecule has 174 valence electrons. The highest BCUT2D eigenvalue weighted by molar-refractivity contribution is 7.98. The molecule has 0 aliphatic heterocycles. The average molecular weight is 492 g/mol. The molecule has 1 amide bonds. The van der Waals surface area contributed by atoms with Gasteiger partial charge in [-0.25, -0.2) is 0 Å².